The summed E-state index contributed by atoms with van der Waals surface area (Å²) in [5.41, 5.74) is 3.13. The Bertz CT molecular complexity index is 607. The molecule has 0 amide bonds. The van der Waals surface area contributed by atoms with Gasteiger partial charge in [-0.05, 0) is 63.3 Å². The van der Waals surface area contributed by atoms with Crippen LogP contribution in [-0.4, -0.2) is 41.9 Å². The number of carbonyl (C=O) groups excluding carboxylic acids is 1. The molecule has 0 aliphatic rings. The van der Waals surface area contributed by atoms with Gasteiger partial charge in [0.25, 0.3) is 0 Å². The van der Waals surface area contributed by atoms with Crippen molar-refractivity contribution in [2.45, 2.75) is 12.8 Å². The van der Waals surface area contributed by atoms with E-state index in [2.05, 4.69) is 24.0 Å². The topological polar surface area (TPSA) is 53.4 Å². The quantitative estimate of drug-likeness (QED) is 0.829. The molecule has 0 spiro atoms. The summed E-state index contributed by atoms with van der Waals surface area (Å²) in [6.07, 6.45) is 4.54. The van der Waals surface area contributed by atoms with Crippen LogP contribution in [0.15, 0.2) is 36.5 Å². The van der Waals surface area contributed by atoms with Crippen LogP contribution in [-0.2, 0) is 6.42 Å². The number of aromatic nitrogens is 1. The van der Waals surface area contributed by atoms with Crippen LogP contribution >= 0.6 is 0 Å². The smallest absolute Gasteiger partial charge is 0.150 e. The van der Waals surface area contributed by atoms with Crippen molar-refractivity contribution in [2.24, 2.45) is 0 Å². The second-order valence-electron chi connectivity index (χ2n) is 5.33. The van der Waals surface area contributed by atoms with Crippen LogP contribution in [0.1, 0.15) is 22.5 Å². The van der Waals surface area contributed by atoms with Crippen molar-refractivity contribution in [2.75, 3.05) is 20.6 Å². The molecule has 0 fully saturated rings. The van der Waals surface area contributed by atoms with E-state index in [9.17, 15) is 9.90 Å². The first-order valence-electron chi connectivity index (χ1n) is 6.98. The Hall–Kier alpha value is -2.20. The van der Waals surface area contributed by atoms with Gasteiger partial charge in [-0.25, -0.2) is 0 Å². The van der Waals surface area contributed by atoms with Gasteiger partial charge in [0.05, 0.1) is 0 Å². The summed E-state index contributed by atoms with van der Waals surface area (Å²) in [4.78, 5) is 17.7. The Balaban J connectivity index is 2.15. The maximum Gasteiger partial charge on any atom is 0.150 e. The van der Waals surface area contributed by atoms with Crippen molar-refractivity contribution in [3.8, 4) is 16.9 Å². The summed E-state index contributed by atoms with van der Waals surface area (Å²) < 4.78 is 0. The molecule has 110 valence electrons. The maximum atomic E-state index is 11.1. The SMILES string of the molecule is CN(C)CCCc1ccc(-c2cc(O)ccc2C=O)cn1. The van der Waals surface area contributed by atoms with E-state index in [0.717, 1.165) is 36.9 Å². The van der Waals surface area contributed by atoms with E-state index in [1.54, 1.807) is 18.3 Å². The predicted octanol–water partition coefficient (Wildman–Crippen LogP) is 2.76. The van der Waals surface area contributed by atoms with Crippen molar-refractivity contribution in [1.82, 2.24) is 9.88 Å². The molecule has 0 saturated heterocycles. The molecule has 1 heterocycles. The fourth-order valence-electron chi connectivity index (χ4n) is 2.21. The Morgan fingerprint density at radius 1 is 1.24 bits per heavy atom. The van der Waals surface area contributed by atoms with Gasteiger partial charge >= 0.3 is 0 Å². The van der Waals surface area contributed by atoms with Gasteiger partial charge in [-0.3, -0.25) is 9.78 Å². The average molecular weight is 284 g/mol. The molecule has 1 aromatic heterocycles. The van der Waals surface area contributed by atoms with Gasteiger partial charge in [-0.1, -0.05) is 6.07 Å². The lowest BCUT2D eigenvalue weighted by molar-refractivity contribution is 0.112. The Labute approximate surface area is 125 Å². The highest BCUT2D eigenvalue weighted by Crippen LogP contribution is 2.26. The van der Waals surface area contributed by atoms with Crippen LogP contribution < -0.4 is 0 Å². The summed E-state index contributed by atoms with van der Waals surface area (Å²) >= 11 is 0. The molecule has 2 aromatic rings. The Morgan fingerprint density at radius 2 is 2.05 bits per heavy atom. The number of aromatic hydroxyl groups is 1. The molecule has 4 nitrogen and oxygen atoms in total. The Morgan fingerprint density at radius 3 is 2.67 bits per heavy atom. The highest BCUT2D eigenvalue weighted by Gasteiger charge is 2.06. The number of phenols is 1. The van der Waals surface area contributed by atoms with Gasteiger partial charge in [0.15, 0.2) is 6.29 Å². The van der Waals surface area contributed by atoms with E-state index in [-0.39, 0.29) is 5.75 Å². The summed E-state index contributed by atoms with van der Waals surface area (Å²) in [5.74, 6) is 0.144. The number of benzene rings is 1. The number of aryl methyl sites for hydroxylation is 1. The highest BCUT2D eigenvalue weighted by molar-refractivity contribution is 5.87. The number of carbonyl (C=O) groups is 1. The summed E-state index contributed by atoms with van der Waals surface area (Å²) in [5, 5.41) is 9.58. The standard InChI is InChI=1S/C17H20N2O2/c1-19(2)9-3-4-15-7-5-13(11-18-15)17-10-16(21)8-6-14(17)12-20/h5-8,10-12,21H,3-4,9H2,1-2H3. The third-order valence-corrected chi connectivity index (χ3v) is 3.34. The predicted molar refractivity (Wildman–Crippen MR) is 83.6 cm³/mol. The first-order valence-corrected chi connectivity index (χ1v) is 6.98. The van der Waals surface area contributed by atoms with Crippen molar-refractivity contribution in [3.05, 3.63) is 47.8 Å². The van der Waals surface area contributed by atoms with Crippen molar-refractivity contribution in [3.63, 3.8) is 0 Å². The number of pyridine rings is 1. The summed E-state index contributed by atoms with van der Waals surface area (Å²) in [7, 11) is 4.11. The van der Waals surface area contributed by atoms with E-state index >= 15 is 0 Å². The zero-order valence-corrected chi connectivity index (χ0v) is 12.4. The molecule has 0 unspecified atom stereocenters. The molecule has 0 bridgehead atoms. The first kappa shape index (κ1) is 15.2. The maximum absolute atomic E-state index is 11.1. The van der Waals surface area contributed by atoms with E-state index < -0.39 is 0 Å². The second-order valence-corrected chi connectivity index (χ2v) is 5.33. The van der Waals surface area contributed by atoms with Crippen LogP contribution in [0.5, 0.6) is 5.75 Å². The van der Waals surface area contributed by atoms with Gasteiger partial charge in [0.2, 0.25) is 0 Å². The van der Waals surface area contributed by atoms with Crippen LogP contribution in [0.3, 0.4) is 0 Å². The zero-order chi connectivity index (χ0) is 15.2. The van der Waals surface area contributed by atoms with Gasteiger partial charge in [-0.2, -0.15) is 0 Å². The average Bonchev–Trinajstić information content (AvgIpc) is 2.47. The highest BCUT2D eigenvalue weighted by atomic mass is 16.3. The van der Waals surface area contributed by atoms with E-state index in [0.29, 0.717) is 11.1 Å². The number of aldehydes is 1. The minimum Gasteiger partial charge on any atom is -0.508 e. The van der Waals surface area contributed by atoms with Crippen molar-refractivity contribution in [1.29, 1.82) is 0 Å². The lowest BCUT2D eigenvalue weighted by Gasteiger charge is -2.09. The van der Waals surface area contributed by atoms with Gasteiger partial charge in [0.1, 0.15) is 5.75 Å². The molecule has 2 rings (SSSR count). The van der Waals surface area contributed by atoms with Gasteiger partial charge in [-0.15, -0.1) is 0 Å². The lowest BCUT2D eigenvalue weighted by atomic mass is 10.0. The molecular weight excluding hydrogens is 264 g/mol. The number of phenolic OH excluding ortho intramolecular Hbond substituents is 1. The minimum absolute atomic E-state index is 0.144. The Kier molecular flexibility index (Phi) is 5.06. The molecule has 21 heavy (non-hydrogen) atoms. The second kappa shape index (κ2) is 6.99. The fourth-order valence-corrected chi connectivity index (χ4v) is 2.21. The largest absolute Gasteiger partial charge is 0.508 e. The van der Waals surface area contributed by atoms with E-state index in [4.69, 9.17) is 0 Å². The first-order chi connectivity index (χ1) is 10.1. The monoisotopic (exact) mass is 284 g/mol. The fraction of sp³-hybridized carbons (Fsp3) is 0.294. The minimum atomic E-state index is 0.144. The van der Waals surface area contributed by atoms with Crippen LogP contribution in [0, 0.1) is 0 Å². The molecule has 0 atom stereocenters. The lowest BCUT2D eigenvalue weighted by Crippen LogP contribution is -2.13. The third kappa shape index (κ3) is 4.13. The number of hydrogen-bond acceptors (Lipinski definition) is 4. The van der Waals surface area contributed by atoms with Crippen molar-refractivity contribution < 1.29 is 9.90 Å². The van der Waals surface area contributed by atoms with Crippen LogP contribution in [0.25, 0.3) is 11.1 Å². The van der Waals surface area contributed by atoms with Crippen LogP contribution in [0.4, 0.5) is 0 Å². The number of hydrogen-bond donors (Lipinski definition) is 1. The van der Waals surface area contributed by atoms with E-state index in [1.165, 1.54) is 6.07 Å². The van der Waals surface area contributed by atoms with Gasteiger partial charge < -0.3 is 10.0 Å². The van der Waals surface area contributed by atoms with E-state index in [1.807, 2.05) is 12.1 Å². The molecule has 1 aromatic carbocycles. The van der Waals surface area contributed by atoms with Crippen LogP contribution in [0.2, 0.25) is 0 Å². The molecule has 0 aliphatic heterocycles. The molecule has 0 aliphatic carbocycles. The molecule has 1 N–H and O–H groups in total. The third-order valence-electron chi connectivity index (χ3n) is 3.34. The molecule has 0 saturated carbocycles. The summed E-state index contributed by atoms with van der Waals surface area (Å²) in [6, 6.07) is 8.63. The summed E-state index contributed by atoms with van der Waals surface area (Å²) in [6.45, 7) is 1.03. The molecule has 4 heteroatoms. The zero-order valence-electron chi connectivity index (χ0n) is 12.4. The molecule has 0 radical (unpaired) electrons. The number of nitrogens with zero attached hydrogens (tertiary/aromatic N) is 2. The van der Waals surface area contributed by atoms with Gasteiger partial charge in [0, 0.05) is 23.0 Å². The number of rotatable bonds is 6. The molecular formula is C17H20N2O2. The normalized spacial score (nSPS) is 10.8. The van der Waals surface area contributed by atoms with Crippen molar-refractivity contribution >= 4 is 6.29 Å².